The number of rotatable bonds is 6. The second kappa shape index (κ2) is 9.34. The van der Waals surface area contributed by atoms with Gasteiger partial charge in [0.1, 0.15) is 0 Å². The first-order valence-corrected chi connectivity index (χ1v) is 7.38. The SMILES string of the molecule is C=C/C(=C\N=C)C(=O)NCCc1c[nH]c2ccccc12.CC. The van der Waals surface area contributed by atoms with E-state index in [2.05, 4.69) is 34.7 Å². The second-order valence-electron chi connectivity index (χ2n) is 4.34. The van der Waals surface area contributed by atoms with Crippen molar-refractivity contribution in [3.8, 4) is 0 Å². The van der Waals surface area contributed by atoms with E-state index in [0.29, 0.717) is 12.1 Å². The summed E-state index contributed by atoms with van der Waals surface area (Å²) in [5.74, 6) is -0.188. The van der Waals surface area contributed by atoms with Crippen LogP contribution in [-0.4, -0.2) is 24.2 Å². The number of para-hydroxylation sites is 1. The number of aromatic nitrogens is 1. The Hall–Kier alpha value is -2.62. The molecule has 1 amide bonds. The lowest BCUT2D eigenvalue weighted by Crippen LogP contribution is -2.26. The molecule has 2 N–H and O–H groups in total. The van der Waals surface area contributed by atoms with Crippen molar-refractivity contribution in [1.29, 1.82) is 0 Å². The number of hydrogen-bond donors (Lipinski definition) is 2. The predicted molar refractivity (Wildman–Crippen MR) is 94.2 cm³/mol. The minimum absolute atomic E-state index is 0.188. The van der Waals surface area contributed by atoms with E-state index >= 15 is 0 Å². The Bertz CT molecular complexity index is 668. The molecular formula is C18H23N3O. The molecule has 0 aliphatic rings. The first-order chi connectivity index (χ1) is 10.8. The Morgan fingerprint density at radius 1 is 1.36 bits per heavy atom. The summed E-state index contributed by atoms with van der Waals surface area (Å²) in [6.45, 7) is 11.5. The van der Waals surface area contributed by atoms with Crippen LogP contribution in [0.2, 0.25) is 0 Å². The number of fused-ring (bicyclic) bond motifs is 1. The number of nitrogens with one attached hydrogen (secondary N) is 2. The summed E-state index contributed by atoms with van der Waals surface area (Å²) in [7, 11) is 0. The zero-order valence-electron chi connectivity index (χ0n) is 13.2. The molecular weight excluding hydrogens is 274 g/mol. The Labute approximate surface area is 131 Å². The zero-order valence-corrected chi connectivity index (χ0v) is 13.2. The number of carbonyl (C=O) groups is 1. The van der Waals surface area contributed by atoms with Crippen LogP contribution >= 0.6 is 0 Å². The highest BCUT2D eigenvalue weighted by Crippen LogP contribution is 2.17. The van der Waals surface area contributed by atoms with Gasteiger partial charge in [-0.25, -0.2) is 0 Å². The molecule has 1 aromatic carbocycles. The average Bonchev–Trinajstić information content (AvgIpc) is 2.98. The summed E-state index contributed by atoms with van der Waals surface area (Å²) < 4.78 is 0. The molecule has 0 fully saturated rings. The summed E-state index contributed by atoms with van der Waals surface area (Å²) in [4.78, 5) is 18.6. The van der Waals surface area contributed by atoms with Crippen LogP contribution in [0.3, 0.4) is 0 Å². The molecule has 0 saturated heterocycles. The molecule has 1 heterocycles. The standard InChI is InChI=1S/C16H17N3O.C2H6/c1-3-12(10-17-2)16(20)18-9-8-13-11-19-15-7-5-4-6-14(13)15;1-2/h3-7,10-11,19H,1-2,8-9H2,(H,18,20);1-2H3/b12-10+;. The number of H-pyrrole nitrogens is 1. The van der Waals surface area contributed by atoms with Gasteiger partial charge in [-0.3, -0.25) is 9.79 Å². The Morgan fingerprint density at radius 2 is 2.09 bits per heavy atom. The van der Waals surface area contributed by atoms with Crippen LogP contribution in [0.5, 0.6) is 0 Å². The van der Waals surface area contributed by atoms with E-state index in [0.717, 1.165) is 11.9 Å². The van der Waals surface area contributed by atoms with Crippen LogP contribution in [0.25, 0.3) is 10.9 Å². The molecule has 2 aromatic rings. The first kappa shape index (κ1) is 17.4. The van der Waals surface area contributed by atoms with Gasteiger partial charge in [-0.1, -0.05) is 44.7 Å². The minimum Gasteiger partial charge on any atom is -0.361 e. The third-order valence-corrected chi connectivity index (χ3v) is 3.07. The van der Waals surface area contributed by atoms with Crippen LogP contribution in [0.4, 0.5) is 0 Å². The molecule has 0 radical (unpaired) electrons. The maximum atomic E-state index is 11.8. The van der Waals surface area contributed by atoms with Crippen molar-refractivity contribution < 1.29 is 4.79 Å². The number of amides is 1. The molecule has 1 aromatic heterocycles. The van der Waals surface area contributed by atoms with E-state index in [1.165, 1.54) is 23.2 Å². The summed E-state index contributed by atoms with van der Waals surface area (Å²) in [6.07, 6.45) is 5.61. The van der Waals surface area contributed by atoms with E-state index in [4.69, 9.17) is 0 Å². The smallest absolute Gasteiger partial charge is 0.252 e. The number of benzene rings is 1. The largest absolute Gasteiger partial charge is 0.361 e. The van der Waals surface area contributed by atoms with Crippen molar-refractivity contribution in [3.05, 3.63) is 60.5 Å². The van der Waals surface area contributed by atoms with Crippen molar-refractivity contribution in [2.75, 3.05) is 6.54 Å². The molecule has 2 rings (SSSR count). The van der Waals surface area contributed by atoms with E-state index < -0.39 is 0 Å². The average molecular weight is 297 g/mol. The van der Waals surface area contributed by atoms with Gasteiger partial charge in [0.15, 0.2) is 0 Å². The van der Waals surface area contributed by atoms with Gasteiger partial charge >= 0.3 is 0 Å². The highest BCUT2D eigenvalue weighted by molar-refractivity contribution is 5.96. The summed E-state index contributed by atoms with van der Waals surface area (Å²) in [6, 6.07) is 8.10. The minimum atomic E-state index is -0.188. The quantitative estimate of drug-likeness (QED) is 0.477. The lowest BCUT2D eigenvalue weighted by Gasteiger charge is -2.04. The van der Waals surface area contributed by atoms with Crippen molar-refractivity contribution in [2.24, 2.45) is 4.99 Å². The lowest BCUT2D eigenvalue weighted by atomic mass is 10.1. The van der Waals surface area contributed by atoms with Gasteiger partial charge in [0.05, 0.1) is 5.57 Å². The van der Waals surface area contributed by atoms with Gasteiger partial charge in [-0.05, 0) is 24.8 Å². The molecule has 0 atom stereocenters. The van der Waals surface area contributed by atoms with E-state index in [1.54, 1.807) is 0 Å². The Morgan fingerprint density at radius 3 is 2.77 bits per heavy atom. The second-order valence-corrected chi connectivity index (χ2v) is 4.34. The monoisotopic (exact) mass is 297 g/mol. The normalized spacial score (nSPS) is 10.5. The Balaban J connectivity index is 0.00000116. The predicted octanol–water partition coefficient (Wildman–Crippen LogP) is 3.62. The number of nitrogens with zero attached hydrogens (tertiary/aromatic N) is 1. The van der Waals surface area contributed by atoms with Gasteiger partial charge < -0.3 is 10.3 Å². The maximum Gasteiger partial charge on any atom is 0.252 e. The van der Waals surface area contributed by atoms with Gasteiger partial charge in [0.2, 0.25) is 0 Å². The number of aliphatic imine (C=N–C) groups is 1. The van der Waals surface area contributed by atoms with Gasteiger partial charge in [0.25, 0.3) is 5.91 Å². The summed E-state index contributed by atoms with van der Waals surface area (Å²) in [5.41, 5.74) is 2.71. The fraction of sp³-hybridized carbons (Fsp3) is 0.222. The zero-order chi connectivity index (χ0) is 16.4. The van der Waals surface area contributed by atoms with Crippen LogP contribution in [0.1, 0.15) is 19.4 Å². The molecule has 4 heteroatoms. The molecule has 116 valence electrons. The van der Waals surface area contributed by atoms with E-state index in [1.807, 2.05) is 38.2 Å². The van der Waals surface area contributed by atoms with E-state index in [9.17, 15) is 4.79 Å². The van der Waals surface area contributed by atoms with Crippen LogP contribution in [0.15, 0.2) is 59.9 Å². The van der Waals surface area contributed by atoms with E-state index in [-0.39, 0.29) is 5.91 Å². The number of hydrogen-bond acceptors (Lipinski definition) is 2. The fourth-order valence-electron chi connectivity index (χ4n) is 2.05. The van der Waals surface area contributed by atoms with Crippen LogP contribution in [0, 0.1) is 0 Å². The molecule has 0 saturated carbocycles. The van der Waals surface area contributed by atoms with Gasteiger partial charge in [-0.15, -0.1) is 0 Å². The molecule has 22 heavy (non-hydrogen) atoms. The van der Waals surface area contributed by atoms with Gasteiger partial charge in [0, 0.05) is 29.8 Å². The summed E-state index contributed by atoms with van der Waals surface area (Å²) >= 11 is 0. The third-order valence-electron chi connectivity index (χ3n) is 3.07. The van der Waals surface area contributed by atoms with Crippen molar-refractivity contribution in [3.63, 3.8) is 0 Å². The topological polar surface area (TPSA) is 57.2 Å². The van der Waals surface area contributed by atoms with Crippen molar-refractivity contribution in [1.82, 2.24) is 10.3 Å². The van der Waals surface area contributed by atoms with Crippen molar-refractivity contribution in [2.45, 2.75) is 20.3 Å². The molecule has 0 unspecified atom stereocenters. The van der Waals surface area contributed by atoms with Crippen LogP contribution < -0.4 is 5.32 Å². The van der Waals surface area contributed by atoms with Crippen LogP contribution in [-0.2, 0) is 11.2 Å². The highest BCUT2D eigenvalue weighted by Gasteiger charge is 2.06. The fourth-order valence-corrected chi connectivity index (χ4v) is 2.05. The van der Waals surface area contributed by atoms with Crippen molar-refractivity contribution >= 4 is 23.5 Å². The first-order valence-electron chi connectivity index (χ1n) is 7.38. The lowest BCUT2D eigenvalue weighted by molar-refractivity contribution is -0.117. The maximum absolute atomic E-state index is 11.8. The summed E-state index contributed by atoms with van der Waals surface area (Å²) in [5, 5.41) is 4.03. The number of aromatic amines is 1. The molecule has 0 spiro atoms. The highest BCUT2D eigenvalue weighted by atomic mass is 16.1. The van der Waals surface area contributed by atoms with Gasteiger partial charge in [-0.2, -0.15) is 0 Å². The Kier molecular flexibility index (Phi) is 7.40. The molecule has 4 nitrogen and oxygen atoms in total. The molecule has 0 bridgehead atoms. The number of carbonyl (C=O) groups excluding carboxylic acids is 1. The molecule has 0 aliphatic heterocycles. The third kappa shape index (κ3) is 4.45. The molecule has 0 aliphatic carbocycles.